The molecule has 1 aromatic heterocycles. The van der Waals surface area contributed by atoms with Crippen molar-refractivity contribution in [3.8, 4) is 11.4 Å². The number of rotatable bonds is 5. The molecule has 0 N–H and O–H groups in total. The molecule has 0 amide bonds. The zero-order valence-electron chi connectivity index (χ0n) is 15.3. The van der Waals surface area contributed by atoms with Crippen LogP contribution < -0.4 is 4.74 Å². The fourth-order valence-electron chi connectivity index (χ4n) is 3.06. The Morgan fingerprint density at radius 3 is 2.44 bits per heavy atom. The van der Waals surface area contributed by atoms with Gasteiger partial charge in [-0.15, -0.1) is 0 Å². The molecule has 0 aliphatic heterocycles. The lowest BCUT2D eigenvalue weighted by Gasteiger charge is -2.10. The second-order valence-electron chi connectivity index (χ2n) is 6.32. The van der Waals surface area contributed by atoms with Gasteiger partial charge in [-0.05, 0) is 62.2 Å². The average Bonchev–Trinajstić information content (AvgIpc) is 2.89. The van der Waals surface area contributed by atoms with Crippen LogP contribution in [0.4, 0.5) is 0 Å². The van der Waals surface area contributed by atoms with Crippen LogP contribution in [0.1, 0.15) is 28.1 Å². The topological polar surface area (TPSA) is 26.5 Å². The van der Waals surface area contributed by atoms with E-state index in [4.69, 9.17) is 4.74 Å². The molecule has 0 aliphatic rings. The van der Waals surface area contributed by atoms with Crippen LogP contribution in [-0.4, -0.2) is 17.9 Å². The van der Waals surface area contributed by atoms with Crippen molar-refractivity contribution in [3.63, 3.8) is 0 Å². The van der Waals surface area contributed by atoms with Crippen molar-refractivity contribution < 1.29 is 4.74 Å². The lowest BCUT2D eigenvalue weighted by molar-refractivity contribution is 0.414. The van der Waals surface area contributed by atoms with E-state index in [9.17, 15) is 0 Å². The first kappa shape index (κ1) is 17.0. The minimum atomic E-state index is 0.665. The SMILES string of the molecule is COc1ccc(CN=Cc2cc(C)n(-c3cccc(C)c3)c2C)cc1. The quantitative estimate of drug-likeness (QED) is 0.602. The van der Waals surface area contributed by atoms with Crippen molar-refractivity contribution >= 4 is 6.21 Å². The van der Waals surface area contributed by atoms with Crippen LogP contribution in [0.5, 0.6) is 5.75 Å². The smallest absolute Gasteiger partial charge is 0.118 e. The van der Waals surface area contributed by atoms with Gasteiger partial charge in [0.1, 0.15) is 5.75 Å². The second-order valence-corrected chi connectivity index (χ2v) is 6.32. The number of hydrogen-bond acceptors (Lipinski definition) is 2. The molecule has 3 rings (SSSR count). The molecule has 1 heterocycles. The Morgan fingerprint density at radius 1 is 1.00 bits per heavy atom. The third-order valence-electron chi connectivity index (χ3n) is 4.39. The number of methoxy groups -OCH3 is 1. The highest BCUT2D eigenvalue weighted by Crippen LogP contribution is 2.20. The Hall–Kier alpha value is -2.81. The van der Waals surface area contributed by atoms with Crippen LogP contribution in [0.2, 0.25) is 0 Å². The van der Waals surface area contributed by atoms with Crippen molar-refractivity contribution in [1.29, 1.82) is 0 Å². The molecule has 0 saturated carbocycles. The van der Waals surface area contributed by atoms with E-state index in [1.807, 2.05) is 30.5 Å². The molecule has 0 spiro atoms. The summed E-state index contributed by atoms with van der Waals surface area (Å²) in [4.78, 5) is 4.61. The van der Waals surface area contributed by atoms with E-state index in [1.54, 1.807) is 7.11 Å². The third-order valence-corrected chi connectivity index (χ3v) is 4.39. The molecule has 3 heteroatoms. The zero-order valence-corrected chi connectivity index (χ0v) is 15.3. The number of benzene rings is 2. The van der Waals surface area contributed by atoms with Gasteiger partial charge in [-0.3, -0.25) is 4.99 Å². The standard InChI is InChI=1S/C22H24N2O/c1-16-6-5-7-21(12-16)24-17(2)13-20(18(24)3)15-23-14-19-8-10-22(25-4)11-9-19/h5-13,15H,14H2,1-4H3. The summed E-state index contributed by atoms with van der Waals surface area (Å²) >= 11 is 0. The predicted molar refractivity (Wildman–Crippen MR) is 104 cm³/mol. The summed E-state index contributed by atoms with van der Waals surface area (Å²) in [6.45, 7) is 7.06. The maximum Gasteiger partial charge on any atom is 0.118 e. The zero-order chi connectivity index (χ0) is 17.8. The summed E-state index contributed by atoms with van der Waals surface area (Å²) in [6.07, 6.45) is 1.97. The van der Waals surface area contributed by atoms with Crippen LogP contribution in [0.3, 0.4) is 0 Å². The van der Waals surface area contributed by atoms with Gasteiger partial charge in [0.15, 0.2) is 0 Å². The molecule has 2 aromatic carbocycles. The first-order valence-corrected chi connectivity index (χ1v) is 8.47. The van der Waals surface area contributed by atoms with Gasteiger partial charge in [-0.2, -0.15) is 0 Å². The molecule has 0 atom stereocenters. The van der Waals surface area contributed by atoms with Crippen LogP contribution in [0.25, 0.3) is 5.69 Å². The summed E-state index contributed by atoms with van der Waals surface area (Å²) < 4.78 is 7.46. The van der Waals surface area contributed by atoms with Gasteiger partial charge < -0.3 is 9.30 Å². The minimum absolute atomic E-state index is 0.665. The Balaban J connectivity index is 1.80. The normalized spacial score (nSPS) is 11.2. The van der Waals surface area contributed by atoms with Crippen LogP contribution in [0, 0.1) is 20.8 Å². The summed E-state index contributed by atoms with van der Waals surface area (Å²) in [7, 11) is 1.68. The second kappa shape index (κ2) is 7.39. The highest BCUT2D eigenvalue weighted by Gasteiger charge is 2.09. The molecule has 3 aromatic rings. The average molecular weight is 332 g/mol. The number of aryl methyl sites for hydroxylation is 2. The summed E-state index contributed by atoms with van der Waals surface area (Å²) in [6, 6.07) is 18.8. The molecule has 25 heavy (non-hydrogen) atoms. The first-order valence-electron chi connectivity index (χ1n) is 8.47. The van der Waals surface area contributed by atoms with E-state index in [0.717, 1.165) is 11.3 Å². The highest BCUT2D eigenvalue weighted by atomic mass is 16.5. The molecule has 0 fully saturated rings. The fourth-order valence-corrected chi connectivity index (χ4v) is 3.06. The molecular formula is C22H24N2O. The number of nitrogens with zero attached hydrogens (tertiary/aromatic N) is 2. The van der Waals surface area contributed by atoms with Crippen LogP contribution in [0.15, 0.2) is 59.6 Å². The molecule has 0 radical (unpaired) electrons. The Morgan fingerprint density at radius 2 is 1.76 bits per heavy atom. The van der Waals surface area contributed by atoms with Gasteiger partial charge in [0.2, 0.25) is 0 Å². The van der Waals surface area contributed by atoms with Gasteiger partial charge >= 0.3 is 0 Å². The van der Waals surface area contributed by atoms with E-state index in [-0.39, 0.29) is 0 Å². The van der Waals surface area contributed by atoms with E-state index in [2.05, 4.69) is 60.7 Å². The van der Waals surface area contributed by atoms with Gasteiger partial charge in [0.05, 0.1) is 13.7 Å². The van der Waals surface area contributed by atoms with Crippen molar-refractivity contribution in [2.24, 2.45) is 4.99 Å². The van der Waals surface area contributed by atoms with E-state index in [1.165, 1.54) is 28.2 Å². The molecule has 0 unspecified atom stereocenters. The Labute approximate surface area is 149 Å². The lowest BCUT2D eigenvalue weighted by atomic mass is 10.2. The van der Waals surface area contributed by atoms with Crippen molar-refractivity contribution in [1.82, 2.24) is 4.57 Å². The number of hydrogen-bond donors (Lipinski definition) is 0. The largest absolute Gasteiger partial charge is 0.497 e. The van der Waals surface area contributed by atoms with Gasteiger partial charge in [-0.1, -0.05) is 24.3 Å². The van der Waals surface area contributed by atoms with Gasteiger partial charge in [0, 0.05) is 28.9 Å². The van der Waals surface area contributed by atoms with Crippen molar-refractivity contribution in [2.45, 2.75) is 27.3 Å². The molecule has 128 valence electrons. The van der Waals surface area contributed by atoms with Crippen LogP contribution in [-0.2, 0) is 6.54 Å². The first-order chi connectivity index (χ1) is 12.1. The van der Waals surface area contributed by atoms with E-state index < -0.39 is 0 Å². The lowest BCUT2D eigenvalue weighted by Crippen LogP contribution is -1.99. The molecule has 0 saturated heterocycles. The van der Waals surface area contributed by atoms with E-state index >= 15 is 0 Å². The molecule has 0 aliphatic carbocycles. The number of aromatic nitrogens is 1. The minimum Gasteiger partial charge on any atom is -0.497 e. The maximum atomic E-state index is 5.18. The molecule has 0 bridgehead atoms. The van der Waals surface area contributed by atoms with Gasteiger partial charge in [-0.25, -0.2) is 0 Å². The van der Waals surface area contributed by atoms with Gasteiger partial charge in [0.25, 0.3) is 0 Å². The van der Waals surface area contributed by atoms with Crippen molar-refractivity contribution in [2.75, 3.05) is 7.11 Å². The molecule has 3 nitrogen and oxygen atoms in total. The Kier molecular flexibility index (Phi) is 5.03. The summed E-state index contributed by atoms with van der Waals surface area (Å²) in [5.74, 6) is 0.870. The highest BCUT2D eigenvalue weighted by molar-refractivity contribution is 5.82. The third kappa shape index (κ3) is 3.82. The number of aliphatic imine (C=N–C) groups is 1. The monoisotopic (exact) mass is 332 g/mol. The fraction of sp³-hybridized carbons (Fsp3) is 0.227. The van der Waals surface area contributed by atoms with Crippen molar-refractivity contribution in [3.05, 3.63) is 82.7 Å². The Bertz CT molecular complexity index is 889. The maximum absolute atomic E-state index is 5.18. The van der Waals surface area contributed by atoms with E-state index in [0.29, 0.717) is 6.54 Å². The van der Waals surface area contributed by atoms with Crippen LogP contribution >= 0.6 is 0 Å². The predicted octanol–water partition coefficient (Wildman–Crippen LogP) is 5.03. The summed E-state index contributed by atoms with van der Waals surface area (Å²) in [5.41, 5.74) is 7.22. The number of ether oxygens (including phenoxy) is 1. The summed E-state index contributed by atoms with van der Waals surface area (Å²) in [5, 5.41) is 0. The molecular weight excluding hydrogens is 308 g/mol.